The number of rotatable bonds is 4. The van der Waals surface area contributed by atoms with Gasteiger partial charge in [-0.2, -0.15) is 0 Å². The Kier molecular flexibility index (Phi) is 40.8. The molecule has 1 aliphatic heterocycles. The largest absolute Gasteiger partial charge is 2.00 e. The number of benzene rings is 3. The molecule has 0 unspecified atom stereocenters. The number of nitrogens with zero attached hydrogens (tertiary/aromatic N) is 2. The SMILES string of the molecule is CC(=O)[O-].CO.CO.[K+].[O-2].[O-2].[O-]c1ccccc1C=Nc1cc2c(cc1N=Cc1ccccc1[O-])OCCOCCOCCOCCOCCO2.[U]. The van der Waals surface area contributed by atoms with Crippen LogP contribution in [-0.2, 0) is 34.7 Å². The van der Waals surface area contributed by atoms with Gasteiger partial charge in [0.05, 0.1) is 64.2 Å². The van der Waals surface area contributed by atoms with Gasteiger partial charge in [-0.15, -0.1) is 11.5 Å². The fourth-order valence-corrected chi connectivity index (χ4v) is 3.61. The predicted octanol–water partition coefficient (Wildman–Crippen LogP) is -2.09. The van der Waals surface area contributed by atoms with Crippen LogP contribution in [0.4, 0.5) is 11.4 Å². The summed E-state index contributed by atoms with van der Waals surface area (Å²) in [6.45, 7) is 4.90. The van der Waals surface area contributed by atoms with E-state index in [2.05, 4.69) is 9.98 Å². The van der Waals surface area contributed by atoms with Crippen LogP contribution in [-0.4, -0.2) is 109 Å². The molecule has 0 spiro atoms. The number of ether oxygens (including phenoxy) is 6. The molecule has 3 aromatic rings. The van der Waals surface area contributed by atoms with Crippen molar-refractivity contribution in [1.82, 2.24) is 0 Å². The van der Waals surface area contributed by atoms with Gasteiger partial charge in [-0.3, -0.25) is 9.98 Å². The van der Waals surface area contributed by atoms with Crippen LogP contribution in [0.25, 0.3) is 0 Å². The molecule has 0 saturated carbocycles. The first-order valence-corrected chi connectivity index (χ1v) is 14.9. The molecule has 0 aromatic heterocycles. The van der Waals surface area contributed by atoms with Crippen LogP contribution >= 0.6 is 0 Å². The van der Waals surface area contributed by atoms with Crippen molar-refractivity contribution in [3.05, 3.63) is 71.8 Å². The van der Waals surface area contributed by atoms with Crippen molar-refractivity contribution in [2.75, 3.05) is 80.3 Å². The first kappa shape index (κ1) is 56.8. The van der Waals surface area contributed by atoms with Crippen molar-refractivity contribution in [3.8, 4) is 23.0 Å². The molecule has 0 atom stereocenters. The van der Waals surface area contributed by atoms with Crippen LogP contribution < -0.4 is 76.2 Å². The van der Waals surface area contributed by atoms with Crippen LogP contribution in [0.1, 0.15) is 18.1 Å². The summed E-state index contributed by atoms with van der Waals surface area (Å²) in [5, 5.41) is 47.3. The molecule has 3 aromatic carbocycles. The summed E-state index contributed by atoms with van der Waals surface area (Å²) >= 11 is 0. The first-order chi connectivity index (χ1) is 23.4. The van der Waals surface area contributed by atoms with Crippen molar-refractivity contribution in [2.45, 2.75) is 6.92 Å². The van der Waals surface area contributed by atoms with Crippen LogP contribution in [0.2, 0.25) is 0 Å². The van der Waals surface area contributed by atoms with Gasteiger partial charge < -0.3 is 69.7 Å². The van der Waals surface area contributed by atoms with Crippen LogP contribution in [0.3, 0.4) is 0 Å². The number of aliphatic hydroxyl groups excluding tert-OH is 2. The number of carbonyl (C=O) groups is 1. The summed E-state index contributed by atoms with van der Waals surface area (Å²) in [6, 6.07) is 16.6. The monoisotopic (exact) mass is 980 g/mol. The van der Waals surface area contributed by atoms with E-state index in [4.69, 9.17) is 48.5 Å². The van der Waals surface area contributed by atoms with E-state index in [1.165, 1.54) is 24.6 Å². The van der Waals surface area contributed by atoms with Crippen molar-refractivity contribution in [3.63, 3.8) is 0 Å². The second-order valence-electron chi connectivity index (χ2n) is 9.02. The standard InChI is InChI=1S/C30H34N2O8.C2H4O2.2CH4O.K.2O.U/c33-27-7-3-1-5-23(27)21-31-25-19-29-30(20-26(25)32-22-24-6-2-4-8-28(24)34)40-18-16-38-14-12-36-10-9-35-11-13-37-15-17-39-29;1-2(3)4;2*1-2;;;;/h1-8,19-22,33-34H,9-18H2;1H3,(H,3,4);2*2H,1H3;;;;/q;;;;+1;2*-2;/p-3. The molecule has 0 bridgehead atoms. The molecular formula is C34H43KN2O14U-6. The van der Waals surface area contributed by atoms with E-state index in [9.17, 15) is 10.2 Å². The molecule has 0 saturated heterocycles. The maximum Gasteiger partial charge on any atom is 1.00 e. The third-order valence-electron chi connectivity index (χ3n) is 5.65. The van der Waals surface area contributed by atoms with Crippen LogP contribution in [0.15, 0.2) is 70.6 Å². The zero-order valence-electron chi connectivity index (χ0n) is 29.7. The summed E-state index contributed by atoms with van der Waals surface area (Å²) < 4.78 is 34.1. The van der Waals surface area contributed by atoms with E-state index >= 15 is 0 Å². The van der Waals surface area contributed by atoms with E-state index in [1.807, 2.05) is 0 Å². The Morgan fingerprint density at radius 2 is 0.885 bits per heavy atom. The molecule has 16 nitrogen and oxygen atoms in total. The zero-order chi connectivity index (χ0) is 35.4. The van der Waals surface area contributed by atoms with Crippen LogP contribution in [0, 0.1) is 31.1 Å². The van der Waals surface area contributed by atoms with Gasteiger partial charge in [-0.1, -0.05) is 48.5 Å². The van der Waals surface area contributed by atoms with Crippen molar-refractivity contribution in [2.24, 2.45) is 9.98 Å². The number of hydrogen-bond acceptors (Lipinski definition) is 14. The van der Waals surface area contributed by atoms with Gasteiger partial charge in [0.2, 0.25) is 0 Å². The number of carboxylic acids is 1. The van der Waals surface area contributed by atoms with Crippen molar-refractivity contribution < 1.29 is 152 Å². The van der Waals surface area contributed by atoms with Crippen molar-refractivity contribution >= 4 is 29.8 Å². The van der Waals surface area contributed by atoms with Gasteiger partial charge in [-0.05, 0) is 18.1 Å². The summed E-state index contributed by atoms with van der Waals surface area (Å²) in [7, 11) is 2.00. The van der Waals surface area contributed by atoms with Crippen molar-refractivity contribution in [1.29, 1.82) is 0 Å². The number of aliphatic hydroxyl groups is 2. The quantitative estimate of drug-likeness (QED) is 0.211. The second-order valence-corrected chi connectivity index (χ2v) is 9.02. The summed E-state index contributed by atoms with van der Waals surface area (Å²) in [5.74, 6) is -0.538. The number of aliphatic carboxylic acids is 1. The summed E-state index contributed by atoms with van der Waals surface area (Å²) in [5.41, 5.74) is 1.70. The fourth-order valence-electron chi connectivity index (χ4n) is 3.61. The zero-order valence-corrected chi connectivity index (χ0v) is 37.0. The van der Waals surface area contributed by atoms with E-state index < -0.39 is 5.97 Å². The average Bonchev–Trinajstić information content (AvgIpc) is 3.09. The Hall–Kier alpha value is -1.96. The second kappa shape index (κ2) is 37.4. The average molecular weight is 981 g/mol. The number of hydrogen-bond donors (Lipinski definition) is 2. The maximum atomic E-state index is 12.2. The molecule has 2 N–H and O–H groups in total. The van der Waals surface area contributed by atoms with E-state index in [1.54, 1.807) is 48.5 Å². The topological polar surface area (TPSA) is 264 Å². The Balaban J connectivity index is -0.000000885. The molecular weight excluding hydrogens is 938 g/mol. The maximum absolute atomic E-state index is 12.2. The van der Waals surface area contributed by atoms with Crippen LogP contribution in [0.5, 0.6) is 23.0 Å². The van der Waals surface area contributed by atoms with Gasteiger partial charge >= 0.3 is 51.4 Å². The third-order valence-corrected chi connectivity index (χ3v) is 5.65. The third kappa shape index (κ3) is 25.1. The molecule has 0 radical (unpaired) electrons. The van der Waals surface area contributed by atoms with Gasteiger partial charge in [0, 0.05) is 75.9 Å². The minimum atomic E-state index is -1.08. The molecule has 18 heteroatoms. The normalized spacial score (nSPS) is 13.4. The Morgan fingerprint density at radius 3 is 1.17 bits per heavy atom. The molecule has 0 aliphatic carbocycles. The number of carbonyl (C=O) groups excluding carboxylic acids is 1. The molecule has 0 fully saturated rings. The molecule has 1 heterocycles. The minimum Gasteiger partial charge on any atom is -2.00 e. The summed E-state index contributed by atoms with van der Waals surface area (Å²) in [4.78, 5) is 18.0. The fraction of sp³-hybridized carbons (Fsp3) is 0.382. The van der Waals surface area contributed by atoms with E-state index in [0.29, 0.717) is 86.9 Å². The minimum absolute atomic E-state index is 0. The predicted molar refractivity (Wildman–Crippen MR) is 175 cm³/mol. The Morgan fingerprint density at radius 1 is 0.615 bits per heavy atom. The number of aliphatic imine (C=N–C) groups is 2. The number of fused-ring (bicyclic) bond motifs is 1. The van der Waals surface area contributed by atoms with Gasteiger partial charge in [-0.25, -0.2) is 0 Å². The molecule has 284 valence electrons. The smallest absolute Gasteiger partial charge is 1.00 e. The van der Waals surface area contributed by atoms with E-state index in [0.717, 1.165) is 21.1 Å². The van der Waals surface area contributed by atoms with Gasteiger partial charge in [0.1, 0.15) is 13.2 Å². The van der Waals surface area contributed by atoms with Gasteiger partial charge in [0.15, 0.2) is 11.5 Å². The Bertz CT molecular complexity index is 1290. The Labute approximate surface area is 370 Å². The summed E-state index contributed by atoms with van der Waals surface area (Å²) in [6.07, 6.45) is 2.96. The molecule has 0 amide bonds. The number of para-hydroxylation sites is 2. The van der Waals surface area contributed by atoms with Gasteiger partial charge in [0.25, 0.3) is 0 Å². The molecule has 52 heavy (non-hydrogen) atoms. The van der Waals surface area contributed by atoms with E-state index in [-0.39, 0.29) is 118 Å². The first-order valence-electron chi connectivity index (χ1n) is 14.9. The number of carboxylic acid groups (broad SMARTS) is 1. The molecule has 4 rings (SSSR count). The molecule has 1 aliphatic rings.